The van der Waals surface area contributed by atoms with Crippen LogP contribution in [0.15, 0.2) is 55.1 Å². The molecule has 2 rings (SSSR count). The minimum atomic E-state index is -0.521. The van der Waals surface area contributed by atoms with Crippen molar-refractivity contribution in [1.82, 2.24) is 5.32 Å². The zero-order valence-electron chi connectivity index (χ0n) is 10.8. The van der Waals surface area contributed by atoms with Crippen molar-refractivity contribution < 1.29 is 4.79 Å². The molecule has 0 saturated heterocycles. The zero-order chi connectivity index (χ0) is 13.7. The van der Waals surface area contributed by atoms with Crippen LogP contribution in [0.1, 0.15) is 12.0 Å². The van der Waals surface area contributed by atoms with Gasteiger partial charge in [-0.1, -0.05) is 48.5 Å². The third kappa shape index (κ3) is 3.20. The van der Waals surface area contributed by atoms with Crippen molar-refractivity contribution in [3.05, 3.63) is 60.7 Å². The predicted molar refractivity (Wildman–Crippen MR) is 78.6 cm³/mol. The molecule has 1 unspecified atom stereocenters. The topological polar surface area (TPSA) is 55.1 Å². The molecule has 19 heavy (non-hydrogen) atoms. The lowest BCUT2D eigenvalue weighted by Crippen LogP contribution is -2.39. The smallest absolute Gasteiger partial charge is 0.237 e. The number of nitrogens with one attached hydrogen (secondary N) is 1. The van der Waals surface area contributed by atoms with Gasteiger partial charge in [-0.2, -0.15) is 0 Å². The Morgan fingerprint density at radius 1 is 1.26 bits per heavy atom. The summed E-state index contributed by atoms with van der Waals surface area (Å²) in [6.45, 7) is 4.07. The van der Waals surface area contributed by atoms with Gasteiger partial charge in [0.05, 0.1) is 6.04 Å². The second-order valence-electron chi connectivity index (χ2n) is 4.49. The van der Waals surface area contributed by atoms with Gasteiger partial charge < -0.3 is 11.1 Å². The SMILES string of the molecule is C=CCC(N)C(=O)NCc1cccc2ccccc12. The highest BCUT2D eigenvalue weighted by Crippen LogP contribution is 2.18. The van der Waals surface area contributed by atoms with E-state index < -0.39 is 6.04 Å². The van der Waals surface area contributed by atoms with Gasteiger partial charge in [-0.15, -0.1) is 6.58 Å². The number of fused-ring (bicyclic) bond motifs is 1. The normalized spacial score (nSPS) is 12.1. The van der Waals surface area contributed by atoms with Crippen LogP contribution in [0.4, 0.5) is 0 Å². The first kappa shape index (κ1) is 13.3. The molecule has 0 aliphatic rings. The van der Waals surface area contributed by atoms with Crippen LogP contribution in [0.25, 0.3) is 10.8 Å². The molecule has 1 atom stereocenters. The molecule has 0 aliphatic heterocycles. The third-order valence-electron chi connectivity index (χ3n) is 3.09. The van der Waals surface area contributed by atoms with Crippen molar-refractivity contribution >= 4 is 16.7 Å². The van der Waals surface area contributed by atoms with Gasteiger partial charge in [-0.25, -0.2) is 0 Å². The summed E-state index contributed by atoms with van der Waals surface area (Å²) in [7, 11) is 0. The van der Waals surface area contributed by atoms with E-state index in [-0.39, 0.29) is 5.91 Å². The van der Waals surface area contributed by atoms with Crippen LogP contribution in [0.2, 0.25) is 0 Å². The molecule has 0 aliphatic carbocycles. The van der Waals surface area contributed by atoms with Crippen molar-refractivity contribution in [2.75, 3.05) is 0 Å². The molecule has 0 aromatic heterocycles. The summed E-state index contributed by atoms with van der Waals surface area (Å²) < 4.78 is 0. The van der Waals surface area contributed by atoms with Crippen molar-refractivity contribution in [3.63, 3.8) is 0 Å². The quantitative estimate of drug-likeness (QED) is 0.805. The van der Waals surface area contributed by atoms with E-state index in [1.807, 2.05) is 24.3 Å². The van der Waals surface area contributed by atoms with Crippen molar-refractivity contribution in [3.8, 4) is 0 Å². The van der Waals surface area contributed by atoms with Gasteiger partial charge in [0.2, 0.25) is 5.91 Å². The molecule has 0 radical (unpaired) electrons. The average Bonchev–Trinajstić information content (AvgIpc) is 2.45. The molecule has 2 aromatic rings. The summed E-state index contributed by atoms with van der Waals surface area (Å²) in [6, 6.07) is 13.7. The molecular weight excluding hydrogens is 236 g/mol. The van der Waals surface area contributed by atoms with Crippen LogP contribution in [0, 0.1) is 0 Å². The zero-order valence-corrected chi connectivity index (χ0v) is 10.8. The molecule has 98 valence electrons. The second kappa shape index (κ2) is 6.16. The fourth-order valence-electron chi connectivity index (χ4n) is 2.05. The Morgan fingerprint density at radius 3 is 2.79 bits per heavy atom. The summed E-state index contributed by atoms with van der Waals surface area (Å²) >= 11 is 0. The molecular formula is C16H18N2O. The van der Waals surface area contributed by atoms with Gasteiger partial charge in [-0.3, -0.25) is 4.79 Å². The summed E-state index contributed by atoms with van der Waals surface area (Å²) in [5.74, 6) is -0.146. The number of nitrogens with two attached hydrogens (primary N) is 1. The first-order chi connectivity index (χ1) is 9.22. The molecule has 3 nitrogen and oxygen atoms in total. The molecule has 2 aromatic carbocycles. The van der Waals surface area contributed by atoms with Gasteiger partial charge in [-0.05, 0) is 22.8 Å². The van der Waals surface area contributed by atoms with Crippen LogP contribution >= 0.6 is 0 Å². The summed E-state index contributed by atoms with van der Waals surface area (Å²) in [6.07, 6.45) is 2.14. The maximum atomic E-state index is 11.8. The van der Waals surface area contributed by atoms with Crippen LogP contribution in [-0.2, 0) is 11.3 Å². The molecule has 0 spiro atoms. The Bertz CT molecular complexity index is 587. The lowest BCUT2D eigenvalue weighted by Gasteiger charge is -2.11. The Hall–Kier alpha value is -2.13. The highest BCUT2D eigenvalue weighted by Gasteiger charge is 2.11. The lowest BCUT2D eigenvalue weighted by atomic mass is 10.0. The van der Waals surface area contributed by atoms with Crippen molar-refractivity contribution in [2.45, 2.75) is 19.0 Å². The maximum Gasteiger partial charge on any atom is 0.237 e. The first-order valence-electron chi connectivity index (χ1n) is 6.33. The minimum absolute atomic E-state index is 0.146. The summed E-state index contributed by atoms with van der Waals surface area (Å²) in [5.41, 5.74) is 6.82. The lowest BCUT2D eigenvalue weighted by molar-refractivity contribution is -0.122. The van der Waals surface area contributed by atoms with E-state index in [0.717, 1.165) is 10.9 Å². The van der Waals surface area contributed by atoms with E-state index >= 15 is 0 Å². The number of rotatable bonds is 5. The van der Waals surface area contributed by atoms with E-state index in [1.165, 1.54) is 5.39 Å². The second-order valence-corrected chi connectivity index (χ2v) is 4.49. The van der Waals surface area contributed by atoms with E-state index in [4.69, 9.17) is 5.73 Å². The van der Waals surface area contributed by atoms with Crippen molar-refractivity contribution in [2.24, 2.45) is 5.73 Å². The van der Waals surface area contributed by atoms with E-state index in [2.05, 4.69) is 30.1 Å². The molecule has 3 N–H and O–H groups in total. The molecule has 1 amide bonds. The number of carbonyl (C=O) groups is 1. The number of hydrogen-bond donors (Lipinski definition) is 2. The van der Waals surface area contributed by atoms with Crippen LogP contribution in [-0.4, -0.2) is 11.9 Å². The molecule has 0 heterocycles. The highest BCUT2D eigenvalue weighted by atomic mass is 16.2. The molecule has 0 saturated carbocycles. The fourth-order valence-corrected chi connectivity index (χ4v) is 2.05. The van der Waals surface area contributed by atoms with E-state index in [0.29, 0.717) is 13.0 Å². The van der Waals surface area contributed by atoms with Gasteiger partial charge in [0.1, 0.15) is 0 Å². The number of benzene rings is 2. The largest absolute Gasteiger partial charge is 0.351 e. The summed E-state index contributed by atoms with van der Waals surface area (Å²) in [5, 5.41) is 5.19. The van der Waals surface area contributed by atoms with Gasteiger partial charge in [0.25, 0.3) is 0 Å². The van der Waals surface area contributed by atoms with Gasteiger partial charge in [0.15, 0.2) is 0 Å². The standard InChI is InChI=1S/C16H18N2O/c1-2-6-15(17)16(19)18-11-13-9-5-8-12-7-3-4-10-14(12)13/h2-5,7-10,15H,1,6,11,17H2,(H,18,19). The maximum absolute atomic E-state index is 11.8. The Morgan fingerprint density at radius 2 is 2.00 bits per heavy atom. The monoisotopic (exact) mass is 254 g/mol. The van der Waals surface area contributed by atoms with Crippen LogP contribution in [0.3, 0.4) is 0 Å². The summed E-state index contributed by atoms with van der Waals surface area (Å²) in [4.78, 5) is 11.8. The van der Waals surface area contributed by atoms with Gasteiger partial charge >= 0.3 is 0 Å². The predicted octanol–water partition coefficient (Wildman–Crippen LogP) is 2.36. The Labute approximate surface area is 113 Å². The van der Waals surface area contributed by atoms with Gasteiger partial charge in [0, 0.05) is 6.54 Å². The van der Waals surface area contributed by atoms with Crippen LogP contribution < -0.4 is 11.1 Å². The Kier molecular flexibility index (Phi) is 4.31. The third-order valence-corrected chi connectivity index (χ3v) is 3.09. The van der Waals surface area contributed by atoms with E-state index in [1.54, 1.807) is 6.08 Å². The number of amides is 1. The number of carbonyl (C=O) groups excluding carboxylic acids is 1. The molecule has 0 bridgehead atoms. The average molecular weight is 254 g/mol. The van der Waals surface area contributed by atoms with E-state index in [9.17, 15) is 4.79 Å². The Balaban J connectivity index is 2.10. The fraction of sp³-hybridized carbons (Fsp3) is 0.188. The van der Waals surface area contributed by atoms with Crippen LogP contribution in [0.5, 0.6) is 0 Å². The van der Waals surface area contributed by atoms with Crippen molar-refractivity contribution in [1.29, 1.82) is 0 Å². The highest BCUT2D eigenvalue weighted by molar-refractivity contribution is 5.86. The molecule has 0 fully saturated rings. The molecule has 3 heteroatoms. The number of hydrogen-bond acceptors (Lipinski definition) is 2. The minimum Gasteiger partial charge on any atom is -0.351 e. The first-order valence-corrected chi connectivity index (χ1v) is 6.33.